The molecule has 1 unspecified atom stereocenters. The first-order valence-electron chi connectivity index (χ1n) is 12.6. The van der Waals surface area contributed by atoms with E-state index >= 15 is 0 Å². The summed E-state index contributed by atoms with van der Waals surface area (Å²) in [6.45, 7) is 2.07. The third-order valence-electron chi connectivity index (χ3n) is 6.27. The molecule has 5 nitrogen and oxygen atoms in total. The van der Waals surface area contributed by atoms with Crippen LogP contribution in [0.5, 0.6) is 0 Å². The third-order valence-corrected chi connectivity index (χ3v) is 8.06. The summed E-state index contributed by atoms with van der Waals surface area (Å²) in [7, 11) is 0. The van der Waals surface area contributed by atoms with Crippen LogP contribution in [0.25, 0.3) is 5.69 Å². The number of carbonyl (C=O) groups excluding carboxylic acids is 1. The summed E-state index contributed by atoms with van der Waals surface area (Å²) < 4.78 is 1.91. The summed E-state index contributed by atoms with van der Waals surface area (Å²) in [5.74, 6) is 0.997. The number of amides is 1. The van der Waals surface area contributed by atoms with Crippen molar-refractivity contribution in [3.8, 4) is 5.69 Å². The van der Waals surface area contributed by atoms with E-state index in [1.54, 1.807) is 48.2 Å². The zero-order chi connectivity index (χ0) is 28.1. The molecule has 0 aliphatic rings. The minimum atomic E-state index is -0.516. The van der Waals surface area contributed by atoms with Gasteiger partial charge in [0.2, 0.25) is 0 Å². The van der Waals surface area contributed by atoms with Gasteiger partial charge in [-0.05, 0) is 66.9 Å². The highest BCUT2D eigenvalue weighted by molar-refractivity contribution is 7.98. The number of hydrogen-bond acceptors (Lipinski definition) is 4. The molecule has 5 aromatic rings. The average Bonchev–Trinajstić information content (AvgIpc) is 3.36. The summed E-state index contributed by atoms with van der Waals surface area (Å²) in [5.41, 5.74) is 4.56. The lowest BCUT2D eigenvalue weighted by atomic mass is 10.0. The Morgan fingerprint density at radius 3 is 2.30 bits per heavy atom. The van der Waals surface area contributed by atoms with Gasteiger partial charge in [-0.3, -0.25) is 9.36 Å². The van der Waals surface area contributed by atoms with Crippen molar-refractivity contribution in [1.82, 2.24) is 20.1 Å². The topological polar surface area (TPSA) is 59.8 Å². The lowest BCUT2D eigenvalue weighted by Crippen LogP contribution is -2.32. The lowest BCUT2D eigenvalue weighted by molar-refractivity contribution is 0.0934. The van der Waals surface area contributed by atoms with E-state index < -0.39 is 6.04 Å². The number of benzene rings is 4. The number of halogens is 3. The van der Waals surface area contributed by atoms with E-state index in [1.807, 2.05) is 47.0 Å². The number of hydrogen-bond donors (Lipinski definition) is 1. The van der Waals surface area contributed by atoms with Gasteiger partial charge in [0, 0.05) is 21.4 Å². The van der Waals surface area contributed by atoms with Crippen LogP contribution in [0.3, 0.4) is 0 Å². The Bertz CT molecular complexity index is 1620. The number of carbonyl (C=O) groups is 1. The maximum atomic E-state index is 13.4. The number of nitrogens with one attached hydrogen (secondary N) is 1. The third kappa shape index (κ3) is 6.88. The molecule has 9 heteroatoms. The van der Waals surface area contributed by atoms with Gasteiger partial charge < -0.3 is 5.32 Å². The Labute approximate surface area is 252 Å². The monoisotopic (exact) mass is 606 g/mol. The highest BCUT2D eigenvalue weighted by Gasteiger charge is 2.26. The van der Waals surface area contributed by atoms with Crippen LogP contribution >= 0.6 is 46.6 Å². The molecule has 40 heavy (non-hydrogen) atoms. The van der Waals surface area contributed by atoms with Crippen LogP contribution in [-0.4, -0.2) is 20.7 Å². The van der Waals surface area contributed by atoms with Crippen LogP contribution < -0.4 is 5.32 Å². The van der Waals surface area contributed by atoms with Gasteiger partial charge in [-0.25, -0.2) is 0 Å². The van der Waals surface area contributed by atoms with E-state index in [2.05, 4.69) is 40.6 Å². The number of thioether (sulfide) groups is 1. The Hall–Kier alpha value is -3.29. The predicted octanol–water partition coefficient (Wildman–Crippen LogP) is 8.54. The van der Waals surface area contributed by atoms with Crippen molar-refractivity contribution in [3.05, 3.63) is 140 Å². The Kier molecular flexibility index (Phi) is 9.12. The van der Waals surface area contributed by atoms with E-state index in [0.717, 1.165) is 5.56 Å². The molecule has 0 spiro atoms. The van der Waals surface area contributed by atoms with Crippen molar-refractivity contribution < 1.29 is 4.79 Å². The summed E-state index contributed by atoms with van der Waals surface area (Å²) in [5, 5.41) is 14.5. The van der Waals surface area contributed by atoms with Crippen molar-refractivity contribution in [1.29, 1.82) is 0 Å². The predicted molar refractivity (Wildman–Crippen MR) is 164 cm³/mol. The lowest BCUT2D eigenvalue weighted by Gasteiger charge is -2.21. The van der Waals surface area contributed by atoms with E-state index in [4.69, 9.17) is 34.8 Å². The van der Waals surface area contributed by atoms with Crippen LogP contribution in [0.1, 0.15) is 38.9 Å². The van der Waals surface area contributed by atoms with Crippen molar-refractivity contribution in [2.75, 3.05) is 0 Å². The van der Waals surface area contributed by atoms with Crippen LogP contribution in [0.15, 0.2) is 102 Å². The SMILES string of the molecule is Cc1cccc(CSc2nnc(C(Cc3ccccc3)NC(=O)c3ccc(Cl)cc3)n2-c2ccc(Cl)cc2Cl)c1. The molecular formula is C31H25Cl3N4OS. The van der Waals surface area contributed by atoms with Crippen molar-refractivity contribution in [2.45, 2.75) is 30.3 Å². The zero-order valence-electron chi connectivity index (χ0n) is 21.5. The standard InChI is InChI=1S/C31H25Cl3N4OS/c1-20-6-5-9-22(16-20)19-40-31-37-36-29(38(31)28-15-14-25(33)18-26(28)34)27(17-21-7-3-2-4-8-21)35-30(39)23-10-12-24(32)13-11-23/h2-16,18,27H,17,19H2,1H3,(H,35,39). The molecule has 1 amide bonds. The van der Waals surface area contributed by atoms with Gasteiger partial charge in [0.15, 0.2) is 11.0 Å². The molecule has 5 rings (SSSR count). The molecule has 0 radical (unpaired) electrons. The summed E-state index contributed by atoms with van der Waals surface area (Å²) >= 11 is 20.5. The first kappa shape index (κ1) is 28.2. The molecular weight excluding hydrogens is 583 g/mol. The van der Waals surface area contributed by atoms with Crippen LogP contribution in [0.4, 0.5) is 0 Å². The second-order valence-electron chi connectivity index (χ2n) is 9.27. The number of aryl methyl sites for hydroxylation is 1. The fourth-order valence-corrected chi connectivity index (χ4v) is 5.85. The van der Waals surface area contributed by atoms with Gasteiger partial charge in [-0.2, -0.15) is 0 Å². The van der Waals surface area contributed by atoms with Crippen LogP contribution in [0.2, 0.25) is 15.1 Å². The van der Waals surface area contributed by atoms with Gasteiger partial charge in [0.05, 0.1) is 16.8 Å². The fraction of sp³-hybridized carbons (Fsp3) is 0.129. The molecule has 0 fully saturated rings. The molecule has 1 aromatic heterocycles. The Balaban J connectivity index is 1.56. The fourth-order valence-electron chi connectivity index (χ4n) is 4.34. The van der Waals surface area contributed by atoms with Gasteiger partial charge in [0.1, 0.15) is 0 Å². The molecule has 0 aliphatic heterocycles. The van der Waals surface area contributed by atoms with Crippen molar-refractivity contribution >= 4 is 52.5 Å². The van der Waals surface area contributed by atoms with Gasteiger partial charge in [-0.1, -0.05) is 107 Å². The maximum Gasteiger partial charge on any atom is 0.251 e. The molecule has 0 saturated heterocycles. The Morgan fingerprint density at radius 1 is 0.850 bits per heavy atom. The minimum Gasteiger partial charge on any atom is -0.342 e. The first-order valence-corrected chi connectivity index (χ1v) is 14.7. The summed E-state index contributed by atoms with van der Waals surface area (Å²) in [6, 6.07) is 29.9. The number of nitrogens with zero attached hydrogens (tertiary/aromatic N) is 3. The van der Waals surface area contributed by atoms with E-state index in [1.165, 1.54) is 11.1 Å². The van der Waals surface area contributed by atoms with Gasteiger partial charge in [-0.15, -0.1) is 10.2 Å². The Morgan fingerprint density at radius 2 is 1.57 bits per heavy atom. The van der Waals surface area contributed by atoms with E-state index in [9.17, 15) is 4.79 Å². The normalized spacial score (nSPS) is 11.8. The van der Waals surface area contributed by atoms with E-state index in [0.29, 0.717) is 49.5 Å². The van der Waals surface area contributed by atoms with Gasteiger partial charge in [0.25, 0.3) is 5.91 Å². The van der Waals surface area contributed by atoms with E-state index in [-0.39, 0.29) is 5.91 Å². The quantitative estimate of drug-likeness (QED) is 0.171. The number of rotatable bonds is 9. The smallest absolute Gasteiger partial charge is 0.251 e. The molecule has 0 saturated carbocycles. The maximum absolute atomic E-state index is 13.4. The average molecular weight is 608 g/mol. The van der Waals surface area contributed by atoms with Crippen LogP contribution in [0, 0.1) is 6.92 Å². The molecule has 1 atom stereocenters. The zero-order valence-corrected chi connectivity index (χ0v) is 24.6. The molecule has 1 heterocycles. The van der Waals surface area contributed by atoms with Crippen LogP contribution in [-0.2, 0) is 12.2 Å². The first-order chi connectivity index (χ1) is 19.4. The highest BCUT2D eigenvalue weighted by atomic mass is 35.5. The number of aromatic nitrogens is 3. The minimum absolute atomic E-state index is 0.247. The second kappa shape index (κ2) is 12.9. The second-order valence-corrected chi connectivity index (χ2v) is 11.5. The molecule has 202 valence electrons. The van der Waals surface area contributed by atoms with Gasteiger partial charge >= 0.3 is 0 Å². The van der Waals surface area contributed by atoms with Crippen molar-refractivity contribution in [3.63, 3.8) is 0 Å². The summed E-state index contributed by atoms with van der Waals surface area (Å²) in [6.07, 6.45) is 0.492. The van der Waals surface area contributed by atoms with Crippen molar-refractivity contribution in [2.24, 2.45) is 0 Å². The summed E-state index contributed by atoms with van der Waals surface area (Å²) in [4.78, 5) is 13.4. The highest BCUT2D eigenvalue weighted by Crippen LogP contribution is 2.33. The molecule has 0 aliphatic carbocycles. The molecule has 1 N–H and O–H groups in total. The largest absolute Gasteiger partial charge is 0.342 e. The molecule has 4 aromatic carbocycles. The molecule has 0 bridgehead atoms.